The number of methoxy groups -OCH3 is 2. The zero-order valence-electron chi connectivity index (χ0n) is 8.02. The number of hydrogen-bond acceptors (Lipinski definition) is 2. The Balaban J connectivity index is -0.00000001000. The van der Waals surface area contributed by atoms with Crippen molar-refractivity contribution in [2.45, 2.75) is 77.9 Å². The summed E-state index contributed by atoms with van der Waals surface area (Å²) in [7, 11) is 3.39. The molecule has 0 radical (unpaired) electrons. The van der Waals surface area contributed by atoms with Gasteiger partial charge in [-0.15, -0.1) is 0 Å². The highest BCUT2D eigenvalue weighted by molar-refractivity contribution is 4.55. The summed E-state index contributed by atoms with van der Waals surface area (Å²) in [4.78, 5) is 0. The summed E-state index contributed by atoms with van der Waals surface area (Å²) in [6.45, 7) is 8.84. The largest absolute Gasteiger partial charge is 0.385 e. The molecule has 0 saturated carbocycles. The van der Waals surface area contributed by atoms with Gasteiger partial charge in [-0.1, -0.05) is 44.6 Å². The van der Waals surface area contributed by atoms with E-state index in [1.54, 1.807) is 14.2 Å². The highest BCUT2D eigenvalue weighted by atomic mass is 16.5. The van der Waals surface area contributed by atoms with Crippen LogP contribution >= 0.6 is 0 Å². The minimum absolute atomic E-state index is 0. The van der Waals surface area contributed by atoms with E-state index in [9.17, 15) is 0 Å². The molecule has 0 rings (SSSR count). The molecule has 0 aliphatic rings. The van der Waals surface area contributed by atoms with Gasteiger partial charge in [0.15, 0.2) is 0 Å². The molecule has 0 saturated heterocycles. The van der Waals surface area contributed by atoms with Gasteiger partial charge in [0, 0.05) is 20.8 Å². The maximum atomic E-state index is 4.94. The van der Waals surface area contributed by atoms with Crippen LogP contribution in [0.5, 0.6) is 0 Å². The fraction of sp³-hybridized carbons (Fsp3) is 1.00. The molecule has 0 amide bonds. The van der Waals surface area contributed by atoms with Crippen molar-refractivity contribution in [3.63, 3.8) is 0 Å². The predicted octanol–water partition coefficient (Wildman–Crippen LogP) is 5.90. The molecule has 0 N–H and O–H groups in total. The van der Waals surface area contributed by atoms with Crippen LogP contribution in [0.3, 0.4) is 0 Å². The molecular weight excluding hydrogens is 200 g/mol. The lowest BCUT2D eigenvalue weighted by atomic mass is 10.2. The van der Waals surface area contributed by atoms with E-state index < -0.39 is 0 Å². The Hall–Kier alpha value is -0.0800. The van der Waals surface area contributed by atoms with E-state index in [1.165, 1.54) is 0 Å². The second kappa shape index (κ2) is 36.3. The lowest BCUT2D eigenvalue weighted by molar-refractivity contribution is 0.0397. The van der Waals surface area contributed by atoms with Crippen molar-refractivity contribution in [2.75, 3.05) is 20.8 Å². The van der Waals surface area contributed by atoms with Crippen molar-refractivity contribution in [3.05, 3.63) is 0 Å². The minimum atomic E-state index is 0. The van der Waals surface area contributed by atoms with Crippen molar-refractivity contribution in [1.29, 1.82) is 0 Å². The highest BCUT2D eigenvalue weighted by Gasteiger charge is 2.03. The fourth-order valence-corrected chi connectivity index (χ4v) is 0. The maximum Gasteiger partial charge on any atom is 0.0594 e. The Morgan fingerprint density at radius 3 is 0.875 bits per heavy atom. The first-order chi connectivity index (χ1) is 4.47. The smallest absolute Gasteiger partial charge is 0.0594 e. The summed E-state index contributed by atoms with van der Waals surface area (Å²) in [5.74, 6) is 0. The second-order valence-electron chi connectivity index (χ2n) is 2.89. The summed E-state index contributed by atoms with van der Waals surface area (Å²) in [6.07, 6.45) is 0. The van der Waals surface area contributed by atoms with Gasteiger partial charge in [-0.25, -0.2) is 0 Å². The highest BCUT2D eigenvalue weighted by Crippen LogP contribution is 2.02. The monoisotopic (exact) mass is 244 g/mol. The lowest BCUT2D eigenvalue weighted by Gasteiger charge is -2.14. The van der Waals surface area contributed by atoms with Crippen LogP contribution in [-0.2, 0) is 9.47 Å². The Bertz CT molecular complexity index is 54.2. The molecule has 0 aromatic carbocycles. The summed E-state index contributed by atoms with van der Waals surface area (Å²) in [5, 5.41) is 0. The van der Waals surface area contributed by atoms with Crippen LogP contribution in [0.4, 0.5) is 0 Å². The molecule has 0 fully saturated rings. The van der Waals surface area contributed by atoms with Crippen molar-refractivity contribution in [3.8, 4) is 0 Å². The van der Waals surface area contributed by atoms with E-state index in [2.05, 4.69) is 4.74 Å². The molecule has 0 heterocycles. The summed E-state index contributed by atoms with van der Waals surface area (Å²) in [6, 6.07) is 0. The van der Waals surface area contributed by atoms with E-state index in [1.807, 2.05) is 27.7 Å². The van der Waals surface area contributed by atoms with Crippen LogP contribution in [0.1, 0.15) is 72.3 Å². The molecule has 112 valence electrons. The first-order valence-corrected chi connectivity index (χ1v) is 3.52. The third-order valence-electron chi connectivity index (χ3n) is 0.901. The Morgan fingerprint density at radius 2 is 0.875 bits per heavy atom. The molecule has 0 aromatic rings. The number of ether oxygens (including phenoxy) is 2. The average Bonchev–Trinajstić information content (AvgIpc) is 1.87. The number of rotatable bonds is 1. The molecule has 0 unspecified atom stereocenters. The zero-order chi connectivity index (χ0) is 8.62. The van der Waals surface area contributed by atoms with Crippen LogP contribution in [-0.4, -0.2) is 26.4 Å². The van der Waals surface area contributed by atoms with Gasteiger partial charge in [-0.2, -0.15) is 0 Å². The molecule has 0 aromatic heterocycles. The second-order valence-corrected chi connectivity index (χ2v) is 2.89. The van der Waals surface area contributed by atoms with Gasteiger partial charge >= 0.3 is 0 Å². The van der Waals surface area contributed by atoms with E-state index in [0.29, 0.717) is 0 Å². The Morgan fingerprint density at radius 1 is 0.750 bits per heavy atom. The topological polar surface area (TPSA) is 18.5 Å². The van der Waals surface area contributed by atoms with Crippen LogP contribution < -0.4 is 0 Å². The quantitative estimate of drug-likeness (QED) is 0.571. The average molecular weight is 245 g/mol. The van der Waals surface area contributed by atoms with Gasteiger partial charge in [0.25, 0.3) is 0 Å². The van der Waals surface area contributed by atoms with Gasteiger partial charge in [0.05, 0.1) is 5.60 Å². The SMILES string of the molecule is C.C.C.C.C.C.CCOC.COC(C)(C)C. The van der Waals surface area contributed by atoms with Gasteiger partial charge < -0.3 is 9.47 Å². The molecule has 2 heteroatoms. The third kappa shape index (κ3) is 151. The van der Waals surface area contributed by atoms with Crippen molar-refractivity contribution in [1.82, 2.24) is 0 Å². The van der Waals surface area contributed by atoms with Gasteiger partial charge in [-0.05, 0) is 27.7 Å². The zero-order valence-corrected chi connectivity index (χ0v) is 8.02. The predicted molar refractivity (Wildman–Crippen MR) is 84.7 cm³/mol. The van der Waals surface area contributed by atoms with Crippen LogP contribution in [0.2, 0.25) is 0 Å². The lowest BCUT2D eigenvalue weighted by Crippen LogP contribution is -2.15. The van der Waals surface area contributed by atoms with E-state index in [0.717, 1.165) is 6.61 Å². The Kier molecular flexibility index (Phi) is 128. The fourth-order valence-electron chi connectivity index (χ4n) is 0. The van der Waals surface area contributed by atoms with Crippen LogP contribution in [0.15, 0.2) is 0 Å². The standard InChI is InChI=1S/C5H12O.C3H8O.6CH4/c1-5(2,3)6-4;1-3-4-2;;;;;;/h1-4H3;3H2,1-2H3;6*1H4. The van der Waals surface area contributed by atoms with E-state index >= 15 is 0 Å². The van der Waals surface area contributed by atoms with Gasteiger partial charge in [0.1, 0.15) is 0 Å². The van der Waals surface area contributed by atoms with E-state index in [-0.39, 0.29) is 50.2 Å². The molecule has 0 aliphatic carbocycles. The van der Waals surface area contributed by atoms with Crippen molar-refractivity contribution >= 4 is 0 Å². The molecule has 0 aliphatic heterocycles. The third-order valence-corrected chi connectivity index (χ3v) is 0.901. The van der Waals surface area contributed by atoms with Crippen LogP contribution in [0.25, 0.3) is 0 Å². The van der Waals surface area contributed by atoms with Gasteiger partial charge in [-0.3, -0.25) is 0 Å². The molecule has 2 nitrogen and oxygen atoms in total. The normalized spacial score (nSPS) is 6.38. The molecule has 16 heavy (non-hydrogen) atoms. The molecule has 0 bridgehead atoms. The van der Waals surface area contributed by atoms with E-state index in [4.69, 9.17) is 4.74 Å². The number of hydrogen-bond donors (Lipinski definition) is 0. The summed E-state index contributed by atoms with van der Waals surface area (Å²) < 4.78 is 9.48. The molecular formula is C14H44O2. The molecule has 0 atom stereocenters. The summed E-state index contributed by atoms with van der Waals surface area (Å²) >= 11 is 0. The van der Waals surface area contributed by atoms with Gasteiger partial charge in [0.2, 0.25) is 0 Å². The van der Waals surface area contributed by atoms with Crippen molar-refractivity contribution < 1.29 is 9.47 Å². The maximum absolute atomic E-state index is 4.94. The first kappa shape index (κ1) is 56.5. The van der Waals surface area contributed by atoms with Crippen LogP contribution in [0, 0.1) is 0 Å². The minimum Gasteiger partial charge on any atom is -0.385 e. The summed E-state index contributed by atoms with van der Waals surface area (Å²) in [5.41, 5.74) is 0.0417. The first-order valence-electron chi connectivity index (χ1n) is 3.52. The Labute approximate surface area is 109 Å². The molecule has 0 spiro atoms. The van der Waals surface area contributed by atoms with Crippen molar-refractivity contribution in [2.24, 2.45) is 0 Å².